The number of aromatic nitrogens is 2. The van der Waals surface area contributed by atoms with Crippen LogP contribution >= 0.6 is 0 Å². The van der Waals surface area contributed by atoms with Gasteiger partial charge in [-0.15, -0.1) is 0 Å². The van der Waals surface area contributed by atoms with Crippen LogP contribution in [0.4, 0.5) is 0 Å². The zero-order valence-corrected chi connectivity index (χ0v) is 22.6. The number of rotatable bonds is 7. The number of methoxy groups -OCH3 is 1. The molecule has 2 aliphatic heterocycles. The quantitative estimate of drug-likeness (QED) is 0.454. The normalized spacial score (nSPS) is 18.5. The molecule has 6 rings (SSSR count). The molecule has 0 radical (unpaired) electrons. The molecule has 39 heavy (non-hydrogen) atoms. The molecule has 1 aromatic heterocycles. The van der Waals surface area contributed by atoms with Crippen molar-refractivity contribution in [3.05, 3.63) is 65.5 Å². The summed E-state index contributed by atoms with van der Waals surface area (Å²) >= 11 is 0. The van der Waals surface area contributed by atoms with Gasteiger partial charge in [0, 0.05) is 51.0 Å². The van der Waals surface area contributed by atoms with E-state index in [1.54, 1.807) is 7.11 Å². The second-order valence-corrected chi connectivity index (χ2v) is 11.4. The van der Waals surface area contributed by atoms with Crippen LogP contribution in [0.3, 0.4) is 0 Å². The summed E-state index contributed by atoms with van der Waals surface area (Å²) in [5.41, 5.74) is 3.79. The van der Waals surface area contributed by atoms with Gasteiger partial charge in [0.1, 0.15) is 5.75 Å². The highest BCUT2D eigenvalue weighted by molar-refractivity contribution is 5.77. The van der Waals surface area contributed by atoms with Gasteiger partial charge < -0.3 is 19.1 Å². The van der Waals surface area contributed by atoms with Crippen LogP contribution in [0.2, 0.25) is 0 Å². The number of fused-ring (bicyclic) bond motifs is 1. The maximum atomic E-state index is 13.1. The van der Waals surface area contributed by atoms with Crippen LogP contribution in [0, 0.1) is 11.3 Å². The van der Waals surface area contributed by atoms with Crippen LogP contribution in [0.25, 0.3) is 11.4 Å². The smallest absolute Gasteiger partial charge is 0.227 e. The fourth-order valence-electron chi connectivity index (χ4n) is 6.54. The topological polar surface area (TPSA) is 88.8 Å². The predicted octanol–water partition coefficient (Wildman–Crippen LogP) is 4.32. The zero-order valence-electron chi connectivity index (χ0n) is 22.6. The Hall–Kier alpha value is -3.68. The molecule has 3 aromatic rings. The van der Waals surface area contributed by atoms with E-state index in [0.717, 1.165) is 69.6 Å². The minimum Gasteiger partial charge on any atom is -0.497 e. The molecular weight excluding hydrogens is 492 g/mol. The van der Waals surface area contributed by atoms with Crippen molar-refractivity contribution in [2.75, 3.05) is 33.3 Å². The number of aryl methyl sites for hydroxylation is 1. The lowest BCUT2D eigenvalue weighted by atomic mass is 9.77. The van der Waals surface area contributed by atoms with E-state index in [1.165, 1.54) is 11.1 Å². The highest BCUT2D eigenvalue weighted by atomic mass is 16.5. The number of carbonyl (C=O) groups excluding carboxylic acids is 2. The van der Waals surface area contributed by atoms with Crippen molar-refractivity contribution in [2.24, 2.45) is 11.3 Å². The number of hydrogen-bond acceptors (Lipinski definition) is 6. The van der Waals surface area contributed by atoms with Crippen molar-refractivity contribution in [1.82, 2.24) is 19.9 Å². The average molecular weight is 529 g/mol. The van der Waals surface area contributed by atoms with Gasteiger partial charge in [0.25, 0.3) is 0 Å². The number of hydrogen-bond donors (Lipinski definition) is 0. The van der Waals surface area contributed by atoms with Crippen molar-refractivity contribution in [1.29, 1.82) is 0 Å². The zero-order chi connectivity index (χ0) is 26.8. The molecule has 0 N–H and O–H groups in total. The lowest BCUT2D eigenvalue weighted by molar-refractivity contribution is -0.135. The van der Waals surface area contributed by atoms with E-state index in [0.29, 0.717) is 42.8 Å². The summed E-state index contributed by atoms with van der Waals surface area (Å²) in [5.74, 6) is 2.61. The molecule has 0 saturated carbocycles. The molecular formula is C31H36N4O4. The largest absolute Gasteiger partial charge is 0.497 e. The molecule has 1 spiro atoms. The molecule has 1 aliphatic carbocycles. The Kier molecular flexibility index (Phi) is 7.11. The average Bonchev–Trinajstić information content (AvgIpc) is 3.71. The minimum atomic E-state index is 0.135. The molecule has 3 heterocycles. The van der Waals surface area contributed by atoms with Gasteiger partial charge in [0.15, 0.2) is 0 Å². The van der Waals surface area contributed by atoms with Crippen molar-refractivity contribution in [3.63, 3.8) is 0 Å². The summed E-state index contributed by atoms with van der Waals surface area (Å²) < 4.78 is 10.6. The molecule has 8 heteroatoms. The van der Waals surface area contributed by atoms with E-state index in [2.05, 4.69) is 39.3 Å². The number of piperidine rings is 1. The van der Waals surface area contributed by atoms with E-state index in [4.69, 9.17) is 9.26 Å². The monoisotopic (exact) mass is 528 g/mol. The highest BCUT2D eigenvalue weighted by Gasteiger charge is 2.42. The van der Waals surface area contributed by atoms with Crippen LogP contribution in [-0.2, 0) is 28.9 Å². The van der Waals surface area contributed by atoms with E-state index in [9.17, 15) is 9.59 Å². The Bertz CT molecular complexity index is 1300. The summed E-state index contributed by atoms with van der Waals surface area (Å²) in [6.45, 7) is 3.17. The van der Waals surface area contributed by atoms with Crippen LogP contribution in [0.5, 0.6) is 5.75 Å². The predicted molar refractivity (Wildman–Crippen MR) is 146 cm³/mol. The Morgan fingerprint density at radius 1 is 0.949 bits per heavy atom. The van der Waals surface area contributed by atoms with Crippen LogP contribution in [0.15, 0.2) is 53.1 Å². The first-order valence-corrected chi connectivity index (χ1v) is 14.1. The Balaban J connectivity index is 0.951. The van der Waals surface area contributed by atoms with E-state index in [-0.39, 0.29) is 11.3 Å². The summed E-state index contributed by atoms with van der Waals surface area (Å²) in [5, 5.41) is 4.07. The first-order valence-electron chi connectivity index (χ1n) is 14.1. The van der Waals surface area contributed by atoms with Crippen molar-refractivity contribution in [3.8, 4) is 17.1 Å². The Labute approximate surface area is 229 Å². The standard InChI is InChI=1S/C31H36N4O4/c1-38-26-8-6-23(7-9-26)30-32-27(39-33-30)10-11-28(36)35-17-14-31(21-35)12-15-34(16-13-31)29(37)20-22-18-24-4-2-3-5-25(24)19-22/h2-9,22H,10-21H2,1H3. The first kappa shape index (κ1) is 25.6. The number of ether oxygens (including phenoxy) is 1. The molecule has 2 fully saturated rings. The molecule has 0 bridgehead atoms. The molecule has 0 atom stereocenters. The van der Waals surface area contributed by atoms with Gasteiger partial charge in [0.05, 0.1) is 7.11 Å². The molecule has 8 nitrogen and oxygen atoms in total. The van der Waals surface area contributed by atoms with Crippen LogP contribution in [0.1, 0.15) is 49.1 Å². The summed E-state index contributed by atoms with van der Waals surface area (Å²) in [4.78, 5) is 34.6. The van der Waals surface area contributed by atoms with Gasteiger partial charge in [-0.2, -0.15) is 4.98 Å². The van der Waals surface area contributed by atoms with Gasteiger partial charge in [-0.1, -0.05) is 29.4 Å². The molecule has 2 saturated heterocycles. The highest BCUT2D eigenvalue weighted by Crippen LogP contribution is 2.41. The fourth-order valence-corrected chi connectivity index (χ4v) is 6.54. The van der Waals surface area contributed by atoms with E-state index >= 15 is 0 Å². The molecule has 2 amide bonds. The fraction of sp³-hybridized carbons (Fsp3) is 0.484. The third-order valence-corrected chi connectivity index (χ3v) is 8.94. The summed E-state index contributed by atoms with van der Waals surface area (Å²) in [7, 11) is 1.63. The minimum absolute atomic E-state index is 0.135. The van der Waals surface area contributed by atoms with Gasteiger partial charge in [-0.3, -0.25) is 9.59 Å². The van der Waals surface area contributed by atoms with E-state index in [1.807, 2.05) is 29.2 Å². The maximum Gasteiger partial charge on any atom is 0.227 e. The summed E-state index contributed by atoms with van der Waals surface area (Å²) in [6, 6.07) is 16.0. The summed E-state index contributed by atoms with van der Waals surface area (Å²) in [6.07, 6.45) is 6.42. The van der Waals surface area contributed by atoms with Gasteiger partial charge in [0.2, 0.25) is 23.5 Å². The molecule has 2 aromatic carbocycles. The third kappa shape index (κ3) is 5.56. The van der Waals surface area contributed by atoms with Crippen molar-refractivity contribution in [2.45, 2.75) is 51.4 Å². The van der Waals surface area contributed by atoms with E-state index < -0.39 is 0 Å². The van der Waals surface area contributed by atoms with Crippen LogP contribution in [-0.4, -0.2) is 65.0 Å². The second-order valence-electron chi connectivity index (χ2n) is 11.4. The second kappa shape index (κ2) is 10.8. The lowest BCUT2D eigenvalue weighted by Crippen LogP contribution is -2.45. The number of benzene rings is 2. The molecule has 0 unspecified atom stereocenters. The number of amides is 2. The molecule has 204 valence electrons. The Morgan fingerprint density at radius 3 is 2.28 bits per heavy atom. The number of carbonyl (C=O) groups is 2. The van der Waals surface area contributed by atoms with Crippen molar-refractivity contribution >= 4 is 11.8 Å². The lowest BCUT2D eigenvalue weighted by Gasteiger charge is -2.39. The molecule has 3 aliphatic rings. The van der Waals surface area contributed by atoms with Crippen LogP contribution < -0.4 is 4.74 Å². The maximum absolute atomic E-state index is 13.1. The third-order valence-electron chi connectivity index (χ3n) is 8.94. The van der Waals surface area contributed by atoms with Gasteiger partial charge in [-0.05, 0) is 78.8 Å². The first-order chi connectivity index (χ1) is 19.0. The van der Waals surface area contributed by atoms with Gasteiger partial charge >= 0.3 is 0 Å². The number of nitrogens with zero attached hydrogens (tertiary/aromatic N) is 4. The SMILES string of the molecule is COc1ccc(-c2noc(CCC(=O)N3CCC4(CCN(C(=O)CC5Cc6ccccc6C5)CC4)C3)n2)cc1. The van der Waals surface area contributed by atoms with Gasteiger partial charge in [-0.25, -0.2) is 0 Å². The van der Waals surface area contributed by atoms with Crippen molar-refractivity contribution < 1.29 is 18.8 Å². The Morgan fingerprint density at radius 2 is 1.62 bits per heavy atom. The number of likely N-dealkylation sites (tertiary alicyclic amines) is 2.